The molecule has 3 nitrogen and oxygen atoms in total. The van der Waals surface area contributed by atoms with E-state index in [1.165, 1.54) is 11.1 Å². The van der Waals surface area contributed by atoms with Crippen molar-refractivity contribution in [1.82, 2.24) is 0 Å². The van der Waals surface area contributed by atoms with E-state index in [0.29, 0.717) is 11.8 Å². The molecule has 0 aromatic heterocycles. The maximum Gasteiger partial charge on any atom is 0.0618 e. The van der Waals surface area contributed by atoms with E-state index in [9.17, 15) is 10.2 Å². The highest BCUT2D eigenvalue weighted by Gasteiger charge is 2.57. The van der Waals surface area contributed by atoms with Crippen LogP contribution in [0, 0.1) is 22.7 Å². The summed E-state index contributed by atoms with van der Waals surface area (Å²) < 4.78 is 0. The van der Waals surface area contributed by atoms with Crippen molar-refractivity contribution in [3.8, 4) is 0 Å². The number of hydrogen-bond acceptors (Lipinski definition) is 3. The molecule has 5 atom stereocenters. The second kappa shape index (κ2) is 7.08. The Morgan fingerprint density at radius 3 is 2.61 bits per heavy atom. The smallest absolute Gasteiger partial charge is 0.0618 e. The molecule has 0 bridgehead atoms. The van der Waals surface area contributed by atoms with Crippen molar-refractivity contribution in [2.24, 2.45) is 22.7 Å². The molecule has 0 radical (unpaired) electrons. The van der Waals surface area contributed by atoms with Gasteiger partial charge in [-0.05, 0) is 62.7 Å². The summed E-state index contributed by atoms with van der Waals surface area (Å²) >= 11 is 0. The third kappa shape index (κ3) is 3.29. The SMILES string of the molecule is C=C1CC[C@@H]2[C@@](C)(CO)[C@H](O)CC[C@@]2(C)[C@@H]1CCC(C)=CCO. The number of rotatable bonds is 5. The Bertz CT molecular complexity index is 470. The van der Waals surface area contributed by atoms with Crippen molar-refractivity contribution in [2.45, 2.75) is 65.4 Å². The average molecular weight is 322 g/mol. The Kier molecular flexibility index (Phi) is 5.76. The first-order chi connectivity index (χ1) is 10.8. The third-order valence-electron chi connectivity index (χ3n) is 6.96. The molecule has 2 aliphatic carbocycles. The molecule has 2 aliphatic rings. The van der Waals surface area contributed by atoms with Gasteiger partial charge < -0.3 is 15.3 Å². The average Bonchev–Trinajstić information content (AvgIpc) is 2.51. The minimum absolute atomic E-state index is 0.0526. The largest absolute Gasteiger partial charge is 0.396 e. The van der Waals surface area contributed by atoms with Crippen LogP contribution in [0.4, 0.5) is 0 Å². The highest BCUT2D eigenvalue weighted by Crippen LogP contribution is 2.61. The summed E-state index contributed by atoms with van der Waals surface area (Å²) in [5.41, 5.74) is 2.26. The molecule has 0 aromatic carbocycles. The first-order valence-corrected chi connectivity index (χ1v) is 9.02. The Hall–Kier alpha value is -0.640. The Labute approximate surface area is 141 Å². The van der Waals surface area contributed by atoms with E-state index >= 15 is 0 Å². The van der Waals surface area contributed by atoms with Gasteiger partial charge in [0.15, 0.2) is 0 Å². The van der Waals surface area contributed by atoms with E-state index < -0.39 is 11.5 Å². The minimum atomic E-state index is -0.409. The fourth-order valence-electron chi connectivity index (χ4n) is 5.36. The number of aliphatic hydroxyl groups is 3. The van der Waals surface area contributed by atoms with Crippen molar-refractivity contribution < 1.29 is 15.3 Å². The molecule has 0 unspecified atom stereocenters. The lowest BCUT2D eigenvalue weighted by Gasteiger charge is -2.60. The van der Waals surface area contributed by atoms with Crippen molar-refractivity contribution in [1.29, 1.82) is 0 Å². The summed E-state index contributed by atoms with van der Waals surface area (Å²) in [5.74, 6) is 0.767. The minimum Gasteiger partial charge on any atom is -0.396 e. The normalized spacial score (nSPS) is 41.7. The van der Waals surface area contributed by atoms with E-state index in [-0.39, 0.29) is 18.6 Å². The van der Waals surface area contributed by atoms with Crippen LogP contribution in [0.15, 0.2) is 23.8 Å². The molecule has 2 saturated carbocycles. The van der Waals surface area contributed by atoms with Crippen molar-refractivity contribution in [2.75, 3.05) is 13.2 Å². The van der Waals surface area contributed by atoms with Gasteiger partial charge in [-0.1, -0.05) is 37.6 Å². The number of aliphatic hydroxyl groups excluding tert-OH is 3. The standard InChI is InChI=1S/C20H34O3/c1-14(10-12-21)5-7-16-15(2)6-8-17-19(16,3)11-9-18(23)20(17,4)13-22/h10,16-18,21-23H,2,5-9,11-13H2,1,3-4H3/t16-,17+,18-,19+,20-/m1/s1. The maximum atomic E-state index is 10.5. The van der Waals surface area contributed by atoms with Crippen molar-refractivity contribution >= 4 is 0 Å². The molecule has 23 heavy (non-hydrogen) atoms. The second-order valence-electron chi connectivity index (χ2n) is 8.30. The highest BCUT2D eigenvalue weighted by molar-refractivity contribution is 5.18. The third-order valence-corrected chi connectivity index (χ3v) is 6.96. The Balaban J connectivity index is 2.25. The van der Waals surface area contributed by atoms with Crippen molar-refractivity contribution in [3.05, 3.63) is 23.8 Å². The van der Waals surface area contributed by atoms with Crippen LogP contribution in [-0.4, -0.2) is 34.6 Å². The molecular weight excluding hydrogens is 288 g/mol. The van der Waals surface area contributed by atoms with Crippen LogP contribution in [0.25, 0.3) is 0 Å². The summed E-state index contributed by atoms with van der Waals surface area (Å²) in [4.78, 5) is 0. The van der Waals surface area contributed by atoms with Crippen LogP contribution in [0.5, 0.6) is 0 Å². The van der Waals surface area contributed by atoms with Gasteiger partial charge in [0.05, 0.1) is 19.3 Å². The first kappa shape index (κ1) is 18.7. The summed E-state index contributed by atoms with van der Waals surface area (Å²) in [6.45, 7) is 11.0. The van der Waals surface area contributed by atoms with Gasteiger partial charge in [-0.25, -0.2) is 0 Å². The van der Waals surface area contributed by atoms with E-state index in [1.807, 2.05) is 6.08 Å². The molecule has 3 heteroatoms. The lowest BCUT2D eigenvalue weighted by molar-refractivity contribution is -0.152. The van der Waals surface area contributed by atoms with Gasteiger partial charge in [0.2, 0.25) is 0 Å². The van der Waals surface area contributed by atoms with E-state index in [0.717, 1.165) is 38.5 Å². The summed E-state index contributed by atoms with van der Waals surface area (Å²) in [7, 11) is 0. The molecule has 0 spiro atoms. The Morgan fingerprint density at radius 1 is 1.30 bits per heavy atom. The summed E-state index contributed by atoms with van der Waals surface area (Å²) in [6, 6.07) is 0. The van der Waals surface area contributed by atoms with Crippen LogP contribution < -0.4 is 0 Å². The van der Waals surface area contributed by atoms with Gasteiger partial charge in [0.25, 0.3) is 0 Å². The van der Waals surface area contributed by atoms with Crippen LogP contribution in [0.3, 0.4) is 0 Å². The van der Waals surface area contributed by atoms with Crippen LogP contribution in [0.1, 0.15) is 59.3 Å². The monoisotopic (exact) mass is 322 g/mol. The molecule has 0 saturated heterocycles. The van der Waals surface area contributed by atoms with Gasteiger partial charge in [-0.15, -0.1) is 0 Å². The molecule has 0 aliphatic heterocycles. The molecule has 132 valence electrons. The molecule has 2 fully saturated rings. The molecule has 0 aromatic rings. The second-order valence-corrected chi connectivity index (χ2v) is 8.30. The van der Waals surface area contributed by atoms with Gasteiger partial charge in [0, 0.05) is 5.41 Å². The summed E-state index contributed by atoms with van der Waals surface area (Å²) in [5, 5.41) is 29.5. The van der Waals surface area contributed by atoms with Gasteiger partial charge in [0.1, 0.15) is 0 Å². The zero-order valence-electron chi connectivity index (χ0n) is 15.0. The maximum absolute atomic E-state index is 10.5. The van der Waals surface area contributed by atoms with E-state index in [2.05, 4.69) is 27.4 Å². The van der Waals surface area contributed by atoms with Crippen molar-refractivity contribution in [3.63, 3.8) is 0 Å². The number of hydrogen-bond donors (Lipinski definition) is 3. The summed E-state index contributed by atoms with van der Waals surface area (Å²) in [6.07, 6.45) is 7.28. The number of fused-ring (bicyclic) bond motifs is 1. The van der Waals surface area contributed by atoms with Crippen LogP contribution in [-0.2, 0) is 0 Å². The quantitative estimate of drug-likeness (QED) is 0.679. The fourth-order valence-corrected chi connectivity index (χ4v) is 5.36. The van der Waals surface area contributed by atoms with Crippen LogP contribution in [0.2, 0.25) is 0 Å². The molecular formula is C20H34O3. The van der Waals surface area contributed by atoms with E-state index in [1.54, 1.807) is 0 Å². The molecule has 0 heterocycles. The zero-order chi connectivity index (χ0) is 17.3. The van der Waals surface area contributed by atoms with Gasteiger partial charge >= 0.3 is 0 Å². The predicted octanol–water partition coefficient (Wildman–Crippen LogP) is 3.45. The van der Waals surface area contributed by atoms with Crippen LogP contribution >= 0.6 is 0 Å². The number of allylic oxidation sites excluding steroid dienone is 2. The lowest BCUT2D eigenvalue weighted by Crippen LogP contribution is -2.57. The first-order valence-electron chi connectivity index (χ1n) is 9.02. The predicted molar refractivity (Wildman–Crippen MR) is 94.0 cm³/mol. The van der Waals surface area contributed by atoms with E-state index in [4.69, 9.17) is 5.11 Å². The lowest BCUT2D eigenvalue weighted by atomic mass is 9.46. The molecule has 3 N–H and O–H groups in total. The van der Waals surface area contributed by atoms with Gasteiger partial charge in [-0.3, -0.25) is 0 Å². The molecule has 0 amide bonds. The van der Waals surface area contributed by atoms with Gasteiger partial charge in [-0.2, -0.15) is 0 Å². The Morgan fingerprint density at radius 2 is 2.00 bits per heavy atom. The fraction of sp³-hybridized carbons (Fsp3) is 0.800. The molecule has 2 rings (SSSR count). The topological polar surface area (TPSA) is 60.7 Å². The highest BCUT2D eigenvalue weighted by atomic mass is 16.3. The zero-order valence-corrected chi connectivity index (χ0v) is 15.0.